The van der Waals surface area contributed by atoms with Crippen LogP contribution in [0.15, 0.2) is 41.8 Å². The quantitative estimate of drug-likeness (QED) is 0.785. The third kappa shape index (κ3) is 2.75. The Bertz CT molecular complexity index is 575. The zero-order valence-electron chi connectivity index (χ0n) is 9.46. The van der Waals surface area contributed by atoms with Gasteiger partial charge in [0, 0.05) is 18.3 Å². The molecule has 0 aliphatic carbocycles. The van der Waals surface area contributed by atoms with Crippen molar-refractivity contribution in [1.82, 2.24) is 4.98 Å². The molecular weight excluding hydrogens is 256 g/mol. The molecule has 1 aromatic carbocycles. The van der Waals surface area contributed by atoms with Crippen molar-refractivity contribution in [2.45, 2.75) is 0 Å². The second-order valence-corrected chi connectivity index (χ2v) is 3.80. The normalized spacial score (nSPS) is 9.89. The van der Waals surface area contributed by atoms with E-state index in [-0.39, 0.29) is 5.69 Å². The van der Waals surface area contributed by atoms with Gasteiger partial charge in [0.2, 0.25) is 0 Å². The lowest BCUT2D eigenvalue weighted by molar-refractivity contribution is 0.378. The summed E-state index contributed by atoms with van der Waals surface area (Å²) in [6.07, 6.45) is 3.03. The standard InChI is InChI=1S/C12H9ClN2O3/c1-17-12-5-9(15-16)2-3-11(12)18-10-4-8(13)6-14-7-10/h2-7H,1H3. The molecule has 0 saturated heterocycles. The van der Waals surface area contributed by atoms with Crippen molar-refractivity contribution < 1.29 is 9.47 Å². The highest BCUT2D eigenvalue weighted by molar-refractivity contribution is 6.30. The number of nitrogens with zero attached hydrogens (tertiary/aromatic N) is 2. The first-order chi connectivity index (χ1) is 8.72. The van der Waals surface area contributed by atoms with Crippen LogP contribution in [-0.2, 0) is 0 Å². The summed E-state index contributed by atoms with van der Waals surface area (Å²) in [6, 6.07) is 6.24. The minimum absolute atomic E-state index is 0.267. The van der Waals surface area contributed by atoms with Crippen LogP contribution < -0.4 is 9.47 Å². The fourth-order valence-corrected chi connectivity index (χ4v) is 1.54. The van der Waals surface area contributed by atoms with Crippen LogP contribution in [0.3, 0.4) is 0 Å². The van der Waals surface area contributed by atoms with Gasteiger partial charge in [-0.3, -0.25) is 4.98 Å². The molecule has 6 heteroatoms. The minimum atomic E-state index is 0.267. The molecule has 0 radical (unpaired) electrons. The number of nitroso groups, excluding NO2 is 1. The van der Waals surface area contributed by atoms with Crippen molar-refractivity contribution in [3.05, 3.63) is 46.6 Å². The van der Waals surface area contributed by atoms with Gasteiger partial charge in [-0.15, -0.1) is 4.91 Å². The van der Waals surface area contributed by atoms with E-state index in [9.17, 15) is 4.91 Å². The van der Waals surface area contributed by atoms with E-state index in [4.69, 9.17) is 21.1 Å². The molecule has 0 amide bonds. The smallest absolute Gasteiger partial charge is 0.169 e. The van der Waals surface area contributed by atoms with Crippen LogP contribution in [0.2, 0.25) is 5.02 Å². The van der Waals surface area contributed by atoms with Crippen LogP contribution in [-0.4, -0.2) is 12.1 Å². The van der Waals surface area contributed by atoms with Crippen molar-refractivity contribution in [3.63, 3.8) is 0 Å². The van der Waals surface area contributed by atoms with E-state index in [0.29, 0.717) is 22.3 Å². The molecule has 0 aliphatic heterocycles. The molecular formula is C12H9ClN2O3. The van der Waals surface area contributed by atoms with Gasteiger partial charge in [0.05, 0.1) is 18.3 Å². The van der Waals surface area contributed by atoms with E-state index in [2.05, 4.69) is 10.2 Å². The van der Waals surface area contributed by atoms with Crippen molar-refractivity contribution >= 4 is 17.3 Å². The molecule has 2 rings (SSSR count). The number of hydrogen-bond acceptors (Lipinski definition) is 5. The van der Waals surface area contributed by atoms with Gasteiger partial charge in [-0.1, -0.05) is 11.6 Å². The largest absolute Gasteiger partial charge is 0.493 e. The van der Waals surface area contributed by atoms with Gasteiger partial charge in [0.15, 0.2) is 11.5 Å². The van der Waals surface area contributed by atoms with E-state index in [1.165, 1.54) is 31.6 Å². The highest BCUT2D eigenvalue weighted by Gasteiger charge is 2.07. The Morgan fingerprint density at radius 1 is 1.22 bits per heavy atom. The molecule has 0 saturated carbocycles. The van der Waals surface area contributed by atoms with E-state index in [0.717, 1.165) is 0 Å². The lowest BCUT2D eigenvalue weighted by Gasteiger charge is -2.10. The number of benzene rings is 1. The third-order valence-corrected chi connectivity index (χ3v) is 2.37. The lowest BCUT2D eigenvalue weighted by atomic mass is 10.3. The first-order valence-corrected chi connectivity index (χ1v) is 5.40. The molecule has 18 heavy (non-hydrogen) atoms. The van der Waals surface area contributed by atoms with Crippen molar-refractivity contribution in [2.24, 2.45) is 5.18 Å². The SMILES string of the molecule is COc1cc(N=O)ccc1Oc1cncc(Cl)c1. The minimum Gasteiger partial charge on any atom is -0.493 e. The molecule has 1 aromatic heterocycles. The van der Waals surface area contributed by atoms with Crippen LogP contribution in [0.25, 0.3) is 0 Å². The number of rotatable bonds is 4. The van der Waals surface area contributed by atoms with Gasteiger partial charge in [-0.2, -0.15) is 0 Å². The Balaban J connectivity index is 2.31. The number of hydrogen-bond donors (Lipinski definition) is 0. The van der Waals surface area contributed by atoms with E-state index < -0.39 is 0 Å². The third-order valence-electron chi connectivity index (χ3n) is 2.16. The molecule has 0 atom stereocenters. The van der Waals surface area contributed by atoms with Crippen LogP contribution in [0.4, 0.5) is 5.69 Å². The van der Waals surface area contributed by atoms with Crippen LogP contribution in [0.5, 0.6) is 17.2 Å². The molecule has 0 fully saturated rings. The monoisotopic (exact) mass is 264 g/mol. The second kappa shape index (κ2) is 5.46. The lowest BCUT2D eigenvalue weighted by Crippen LogP contribution is -1.90. The van der Waals surface area contributed by atoms with Gasteiger partial charge >= 0.3 is 0 Å². The van der Waals surface area contributed by atoms with Gasteiger partial charge in [0.25, 0.3) is 0 Å². The summed E-state index contributed by atoms with van der Waals surface area (Å²) >= 11 is 5.80. The predicted octanol–water partition coefficient (Wildman–Crippen LogP) is 3.93. The fourth-order valence-electron chi connectivity index (χ4n) is 1.37. The van der Waals surface area contributed by atoms with Gasteiger partial charge in [0.1, 0.15) is 11.4 Å². The Morgan fingerprint density at radius 3 is 2.72 bits per heavy atom. The summed E-state index contributed by atoms with van der Waals surface area (Å²) in [4.78, 5) is 14.3. The summed E-state index contributed by atoms with van der Waals surface area (Å²) < 4.78 is 10.7. The van der Waals surface area contributed by atoms with E-state index in [1.54, 1.807) is 12.1 Å². The Morgan fingerprint density at radius 2 is 2.06 bits per heavy atom. The summed E-state index contributed by atoms with van der Waals surface area (Å²) in [6.45, 7) is 0. The van der Waals surface area contributed by atoms with E-state index in [1.807, 2.05) is 0 Å². The highest BCUT2D eigenvalue weighted by Crippen LogP contribution is 2.34. The number of pyridine rings is 1. The maximum atomic E-state index is 10.4. The molecule has 5 nitrogen and oxygen atoms in total. The van der Waals surface area contributed by atoms with Crippen LogP contribution in [0.1, 0.15) is 0 Å². The Labute approximate surface area is 108 Å². The average molecular weight is 265 g/mol. The number of aromatic nitrogens is 1. The van der Waals surface area contributed by atoms with Gasteiger partial charge in [-0.25, -0.2) is 0 Å². The summed E-state index contributed by atoms with van der Waals surface area (Å²) in [5, 5.41) is 3.29. The second-order valence-electron chi connectivity index (χ2n) is 3.37. The predicted molar refractivity (Wildman–Crippen MR) is 67.8 cm³/mol. The highest BCUT2D eigenvalue weighted by atomic mass is 35.5. The maximum Gasteiger partial charge on any atom is 0.169 e. The van der Waals surface area contributed by atoms with Crippen LogP contribution in [0, 0.1) is 4.91 Å². The molecule has 92 valence electrons. The van der Waals surface area contributed by atoms with Crippen molar-refractivity contribution in [1.29, 1.82) is 0 Å². The van der Waals surface area contributed by atoms with E-state index >= 15 is 0 Å². The molecule has 0 spiro atoms. The zero-order chi connectivity index (χ0) is 13.0. The summed E-state index contributed by atoms with van der Waals surface area (Å²) in [5.74, 6) is 1.34. The molecule has 2 aromatic rings. The molecule has 0 aliphatic rings. The number of halogens is 1. The first-order valence-electron chi connectivity index (χ1n) is 5.02. The Kier molecular flexibility index (Phi) is 3.74. The van der Waals surface area contributed by atoms with Gasteiger partial charge < -0.3 is 9.47 Å². The fraction of sp³-hybridized carbons (Fsp3) is 0.0833. The first kappa shape index (κ1) is 12.3. The topological polar surface area (TPSA) is 60.8 Å². The molecule has 0 bridgehead atoms. The van der Waals surface area contributed by atoms with Crippen molar-refractivity contribution in [2.75, 3.05) is 7.11 Å². The number of methoxy groups -OCH3 is 1. The number of ether oxygens (including phenoxy) is 2. The molecule has 1 heterocycles. The zero-order valence-corrected chi connectivity index (χ0v) is 10.2. The van der Waals surface area contributed by atoms with Crippen LogP contribution >= 0.6 is 11.6 Å². The summed E-state index contributed by atoms with van der Waals surface area (Å²) in [7, 11) is 1.48. The maximum absolute atomic E-state index is 10.4. The van der Waals surface area contributed by atoms with Crippen molar-refractivity contribution in [3.8, 4) is 17.2 Å². The average Bonchev–Trinajstić information content (AvgIpc) is 2.39. The van der Waals surface area contributed by atoms with Gasteiger partial charge in [-0.05, 0) is 17.3 Å². The Hall–Kier alpha value is -2.14. The molecule has 0 unspecified atom stereocenters. The summed E-state index contributed by atoms with van der Waals surface area (Å²) in [5.41, 5.74) is 0.267. The molecule has 0 N–H and O–H groups in total.